The number of rotatable bonds is 10. The Labute approximate surface area is 251 Å². The lowest BCUT2D eigenvalue weighted by atomic mass is 10.1. The lowest BCUT2D eigenvalue weighted by Crippen LogP contribution is -2.16. The molecule has 0 heterocycles. The first kappa shape index (κ1) is 29.1. The summed E-state index contributed by atoms with van der Waals surface area (Å²) in [5.74, 6) is -1.83. The molecule has 0 fully saturated rings. The third kappa shape index (κ3) is 7.07. The molecule has 0 bridgehead atoms. The van der Waals surface area contributed by atoms with Crippen LogP contribution in [0, 0.1) is 0 Å². The Hall–Kier alpha value is -6.42. The van der Waals surface area contributed by atoms with Crippen molar-refractivity contribution in [3.05, 3.63) is 144 Å². The average molecular weight is 589 g/mol. The van der Waals surface area contributed by atoms with Crippen molar-refractivity contribution in [2.24, 2.45) is 0 Å². The van der Waals surface area contributed by atoms with Gasteiger partial charge in [0.25, 0.3) is 11.8 Å². The Morgan fingerprint density at radius 3 is 1.16 bits per heavy atom. The first-order valence-corrected chi connectivity index (χ1v) is 13.2. The summed E-state index contributed by atoms with van der Waals surface area (Å²) in [6.07, 6.45) is 0. The third-order valence-corrected chi connectivity index (χ3v) is 6.26. The SMILES string of the molecule is O=C(O)c1ccccc1C(=O)Nc1cccc(Oc2cccc(Oc3cccc(NC(=O)c4ccccc4C(=O)O)c3)c2)c1. The number of aromatic carboxylic acids is 2. The smallest absolute Gasteiger partial charge is 0.336 e. The van der Waals surface area contributed by atoms with Crippen molar-refractivity contribution in [1.82, 2.24) is 0 Å². The molecular formula is C34H24N2O8. The van der Waals surface area contributed by atoms with Crippen LogP contribution in [0.5, 0.6) is 23.0 Å². The van der Waals surface area contributed by atoms with Crippen molar-refractivity contribution in [2.75, 3.05) is 10.6 Å². The van der Waals surface area contributed by atoms with E-state index in [1.807, 2.05) is 0 Å². The molecule has 5 aromatic carbocycles. The Bertz CT molecular complexity index is 1750. The van der Waals surface area contributed by atoms with Gasteiger partial charge in [0, 0.05) is 29.6 Å². The molecule has 0 unspecified atom stereocenters. The molecule has 0 aliphatic rings. The summed E-state index contributed by atoms with van der Waals surface area (Å²) >= 11 is 0. The van der Waals surface area contributed by atoms with E-state index in [2.05, 4.69) is 10.6 Å². The van der Waals surface area contributed by atoms with Crippen LogP contribution < -0.4 is 20.1 Å². The van der Waals surface area contributed by atoms with E-state index >= 15 is 0 Å². The first-order valence-electron chi connectivity index (χ1n) is 13.2. The van der Waals surface area contributed by atoms with Crippen molar-refractivity contribution in [3.8, 4) is 23.0 Å². The molecular weight excluding hydrogens is 564 g/mol. The molecule has 4 N–H and O–H groups in total. The molecule has 0 atom stereocenters. The molecule has 0 aliphatic carbocycles. The van der Waals surface area contributed by atoms with E-state index in [1.165, 1.54) is 24.3 Å². The molecule has 0 saturated carbocycles. The second kappa shape index (κ2) is 13.0. The van der Waals surface area contributed by atoms with E-state index in [0.29, 0.717) is 34.4 Å². The van der Waals surface area contributed by atoms with Crippen LogP contribution in [0.1, 0.15) is 41.4 Å². The quantitative estimate of drug-likeness (QED) is 0.134. The number of benzene rings is 5. The van der Waals surface area contributed by atoms with E-state index in [0.717, 1.165) is 0 Å². The summed E-state index contributed by atoms with van der Waals surface area (Å²) in [7, 11) is 0. The fourth-order valence-corrected chi connectivity index (χ4v) is 4.28. The largest absolute Gasteiger partial charge is 0.478 e. The van der Waals surface area contributed by atoms with Gasteiger partial charge in [-0.05, 0) is 60.7 Å². The van der Waals surface area contributed by atoms with E-state index < -0.39 is 23.8 Å². The number of nitrogens with one attached hydrogen (secondary N) is 2. The topological polar surface area (TPSA) is 151 Å². The van der Waals surface area contributed by atoms with Gasteiger partial charge < -0.3 is 30.3 Å². The fraction of sp³-hybridized carbons (Fsp3) is 0. The van der Waals surface area contributed by atoms with E-state index in [1.54, 1.807) is 97.1 Å². The monoisotopic (exact) mass is 588 g/mol. The van der Waals surface area contributed by atoms with Crippen molar-refractivity contribution >= 4 is 35.1 Å². The van der Waals surface area contributed by atoms with Gasteiger partial charge in [-0.25, -0.2) is 9.59 Å². The van der Waals surface area contributed by atoms with Crippen LogP contribution >= 0.6 is 0 Å². The van der Waals surface area contributed by atoms with Gasteiger partial charge in [-0.3, -0.25) is 9.59 Å². The minimum atomic E-state index is -1.20. The highest BCUT2D eigenvalue weighted by Gasteiger charge is 2.17. The lowest BCUT2D eigenvalue weighted by Gasteiger charge is -2.12. The molecule has 5 aromatic rings. The fourth-order valence-electron chi connectivity index (χ4n) is 4.28. The molecule has 218 valence electrons. The Morgan fingerprint density at radius 1 is 0.432 bits per heavy atom. The number of carboxylic acid groups (broad SMARTS) is 2. The number of hydrogen-bond acceptors (Lipinski definition) is 6. The maximum absolute atomic E-state index is 12.7. The average Bonchev–Trinajstić information content (AvgIpc) is 3.01. The summed E-state index contributed by atoms with van der Waals surface area (Å²) in [4.78, 5) is 48.4. The summed E-state index contributed by atoms with van der Waals surface area (Å²) in [6, 6.07) is 32.0. The molecule has 10 heteroatoms. The number of ether oxygens (including phenoxy) is 2. The zero-order valence-electron chi connectivity index (χ0n) is 22.9. The van der Waals surface area contributed by atoms with Gasteiger partial charge in [0.15, 0.2) is 0 Å². The highest BCUT2D eigenvalue weighted by atomic mass is 16.5. The minimum absolute atomic E-state index is 0.0323. The number of anilines is 2. The van der Waals surface area contributed by atoms with Crippen molar-refractivity contribution in [3.63, 3.8) is 0 Å². The predicted molar refractivity (Wildman–Crippen MR) is 162 cm³/mol. The molecule has 5 rings (SSSR count). The van der Waals surface area contributed by atoms with Crippen molar-refractivity contribution in [2.45, 2.75) is 0 Å². The maximum atomic E-state index is 12.7. The Morgan fingerprint density at radius 2 is 0.773 bits per heavy atom. The van der Waals surface area contributed by atoms with Crippen LogP contribution in [0.2, 0.25) is 0 Å². The second-order valence-corrected chi connectivity index (χ2v) is 9.34. The second-order valence-electron chi connectivity index (χ2n) is 9.34. The van der Waals surface area contributed by atoms with E-state index in [4.69, 9.17) is 9.47 Å². The molecule has 0 saturated heterocycles. The number of carbonyl (C=O) groups is 4. The van der Waals surface area contributed by atoms with Crippen LogP contribution in [-0.2, 0) is 0 Å². The van der Waals surface area contributed by atoms with E-state index in [9.17, 15) is 29.4 Å². The van der Waals surface area contributed by atoms with Gasteiger partial charge in [0.05, 0.1) is 22.3 Å². The van der Waals surface area contributed by atoms with Crippen molar-refractivity contribution in [1.29, 1.82) is 0 Å². The van der Waals surface area contributed by atoms with Crippen LogP contribution in [-0.4, -0.2) is 34.0 Å². The van der Waals surface area contributed by atoms with Crippen molar-refractivity contribution < 1.29 is 38.9 Å². The molecule has 44 heavy (non-hydrogen) atoms. The standard InChI is InChI=1S/C34H24N2O8/c37-31(27-14-1-3-16-29(27)33(39)40)35-21-8-5-10-23(18-21)43-25-12-7-13-26(20-25)44-24-11-6-9-22(19-24)36-32(38)28-15-2-4-17-30(28)34(41)42/h1-20H,(H,35,37)(H,36,38)(H,39,40)(H,41,42). The van der Waals surface area contributed by atoms with Gasteiger partial charge in [-0.2, -0.15) is 0 Å². The number of amides is 2. The highest BCUT2D eigenvalue weighted by molar-refractivity contribution is 6.11. The molecule has 10 nitrogen and oxygen atoms in total. The molecule has 2 amide bonds. The Kier molecular flexibility index (Phi) is 8.62. The zero-order chi connectivity index (χ0) is 31.1. The van der Waals surface area contributed by atoms with Gasteiger partial charge in [-0.15, -0.1) is 0 Å². The highest BCUT2D eigenvalue weighted by Crippen LogP contribution is 2.30. The van der Waals surface area contributed by atoms with Crippen LogP contribution in [0.15, 0.2) is 121 Å². The van der Waals surface area contributed by atoms with Gasteiger partial charge in [0.1, 0.15) is 23.0 Å². The van der Waals surface area contributed by atoms with E-state index in [-0.39, 0.29) is 22.3 Å². The van der Waals surface area contributed by atoms with Crippen LogP contribution in [0.25, 0.3) is 0 Å². The maximum Gasteiger partial charge on any atom is 0.336 e. The zero-order valence-corrected chi connectivity index (χ0v) is 22.9. The third-order valence-electron chi connectivity index (χ3n) is 6.26. The van der Waals surface area contributed by atoms with Gasteiger partial charge in [-0.1, -0.05) is 42.5 Å². The van der Waals surface area contributed by atoms with Gasteiger partial charge >= 0.3 is 11.9 Å². The Balaban J connectivity index is 1.25. The molecule has 0 radical (unpaired) electrons. The number of carbonyl (C=O) groups excluding carboxylic acids is 2. The summed E-state index contributed by atoms with van der Waals surface area (Å²) in [5.41, 5.74) is 0.668. The van der Waals surface area contributed by atoms with Crippen LogP contribution in [0.3, 0.4) is 0 Å². The minimum Gasteiger partial charge on any atom is -0.478 e. The summed E-state index contributed by atoms with van der Waals surface area (Å²) in [6.45, 7) is 0. The summed E-state index contributed by atoms with van der Waals surface area (Å²) in [5, 5.41) is 24.1. The molecule has 0 spiro atoms. The lowest BCUT2D eigenvalue weighted by molar-refractivity contribution is 0.0683. The first-order chi connectivity index (χ1) is 21.3. The van der Waals surface area contributed by atoms with Gasteiger partial charge in [0.2, 0.25) is 0 Å². The van der Waals surface area contributed by atoms with Crippen LogP contribution in [0.4, 0.5) is 11.4 Å². The molecule has 0 aromatic heterocycles. The predicted octanol–water partition coefficient (Wildman–Crippen LogP) is 7.17. The summed E-state index contributed by atoms with van der Waals surface area (Å²) < 4.78 is 11.9. The normalized spacial score (nSPS) is 10.4. The number of hydrogen-bond donors (Lipinski definition) is 4. The molecule has 0 aliphatic heterocycles. The number of carboxylic acids is 2.